The lowest BCUT2D eigenvalue weighted by atomic mass is 9.81. The number of carbonyl (C=O) groups excluding carboxylic acids is 2. The van der Waals surface area contributed by atoms with E-state index >= 15 is 0 Å². The van der Waals surface area contributed by atoms with Crippen molar-refractivity contribution in [1.82, 2.24) is 5.32 Å². The van der Waals surface area contributed by atoms with Gasteiger partial charge in [0, 0.05) is 11.1 Å². The van der Waals surface area contributed by atoms with E-state index in [2.05, 4.69) is 5.32 Å². The van der Waals surface area contributed by atoms with Gasteiger partial charge in [0.05, 0.1) is 11.1 Å². The molecule has 2 unspecified atom stereocenters. The molecular weight excluding hydrogens is 264 g/mol. The Morgan fingerprint density at radius 1 is 1.42 bits per heavy atom. The van der Waals surface area contributed by atoms with Crippen LogP contribution in [-0.4, -0.2) is 18.0 Å². The van der Waals surface area contributed by atoms with E-state index in [0.717, 1.165) is 19.3 Å². The fourth-order valence-corrected chi connectivity index (χ4v) is 3.25. The van der Waals surface area contributed by atoms with Crippen molar-refractivity contribution in [2.75, 3.05) is 4.90 Å². The van der Waals surface area contributed by atoms with Gasteiger partial charge in [-0.05, 0) is 38.0 Å². The van der Waals surface area contributed by atoms with Crippen LogP contribution in [0.1, 0.15) is 26.2 Å². The van der Waals surface area contributed by atoms with Crippen LogP contribution in [0, 0.1) is 5.41 Å². The average molecular weight is 279 g/mol. The quantitative estimate of drug-likeness (QED) is 0.859. The molecule has 0 aromatic heterocycles. The molecule has 0 radical (unpaired) electrons. The van der Waals surface area contributed by atoms with E-state index in [1.807, 2.05) is 6.92 Å². The molecule has 2 fully saturated rings. The van der Waals surface area contributed by atoms with Gasteiger partial charge in [-0.25, -0.2) is 9.69 Å². The summed E-state index contributed by atoms with van der Waals surface area (Å²) in [6, 6.07) is 6.43. The summed E-state index contributed by atoms with van der Waals surface area (Å²) in [6.07, 6.45) is 2.65. The summed E-state index contributed by atoms with van der Waals surface area (Å²) in [7, 11) is 0. The molecule has 100 valence electrons. The van der Waals surface area contributed by atoms with E-state index in [4.69, 9.17) is 11.6 Å². The van der Waals surface area contributed by atoms with Crippen LogP contribution < -0.4 is 10.2 Å². The van der Waals surface area contributed by atoms with Crippen molar-refractivity contribution in [3.63, 3.8) is 0 Å². The Morgan fingerprint density at radius 2 is 2.21 bits per heavy atom. The molecule has 19 heavy (non-hydrogen) atoms. The lowest BCUT2D eigenvalue weighted by molar-refractivity contribution is -0.128. The van der Waals surface area contributed by atoms with E-state index in [1.54, 1.807) is 24.3 Å². The molecule has 0 bridgehead atoms. The highest BCUT2D eigenvalue weighted by Gasteiger charge is 2.53. The molecule has 1 aromatic rings. The van der Waals surface area contributed by atoms with E-state index in [9.17, 15) is 9.59 Å². The van der Waals surface area contributed by atoms with Gasteiger partial charge >= 0.3 is 6.03 Å². The Morgan fingerprint density at radius 3 is 2.95 bits per heavy atom. The molecule has 3 amide bonds. The zero-order valence-corrected chi connectivity index (χ0v) is 11.4. The molecule has 2 aliphatic rings. The number of hydrogen-bond acceptors (Lipinski definition) is 2. The number of benzene rings is 1. The van der Waals surface area contributed by atoms with E-state index < -0.39 is 5.41 Å². The molecule has 2 atom stereocenters. The number of hydrogen-bond donors (Lipinski definition) is 1. The second kappa shape index (κ2) is 4.23. The molecule has 1 saturated heterocycles. The fraction of sp³-hybridized carbons (Fsp3) is 0.429. The molecule has 3 rings (SSSR count). The third kappa shape index (κ3) is 1.82. The third-order valence-corrected chi connectivity index (χ3v) is 4.45. The van der Waals surface area contributed by atoms with Gasteiger partial charge in [-0.3, -0.25) is 4.79 Å². The molecule has 1 aliphatic heterocycles. The Labute approximate surface area is 116 Å². The highest BCUT2D eigenvalue weighted by molar-refractivity contribution is 6.31. The monoisotopic (exact) mass is 278 g/mol. The first kappa shape index (κ1) is 12.5. The maximum atomic E-state index is 12.7. The van der Waals surface area contributed by atoms with Gasteiger partial charge in [0.1, 0.15) is 0 Å². The number of anilines is 1. The minimum Gasteiger partial charge on any atom is -0.334 e. The van der Waals surface area contributed by atoms with Crippen LogP contribution in [0.3, 0.4) is 0 Å². The number of nitrogens with one attached hydrogen (secondary N) is 1. The van der Waals surface area contributed by atoms with E-state index in [0.29, 0.717) is 10.7 Å². The SMILES string of the molecule is CC12CCCC1NC(=O)N(c1cccc(Cl)c1)C2=O. The highest BCUT2D eigenvalue weighted by atomic mass is 35.5. The zero-order valence-electron chi connectivity index (χ0n) is 10.6. The first-order valence-corrected chi connectivity index (χ1v) is 6.81. The topological polar surface area (TPSA) is 49.4 Å². The van der Waals surface area contributed by atoms with Gasteiger partial charge < -0.3 is 5.32 Å². The smallest absolute Gasteiger partial charge is 0.329 e. The number of rotatable bonds is 1. The summed E-state index contributed by atoms with van der Waals surface area (Å²) in [4.78, 5) is 26.0. The van der Waals surface area contributed by atoms with Gasteiger partial charge in [-0.15, -0.1) is 0 Å². The van der Waals surface area contributed by atoms with Crippen molar-refractivity contribution in [2.45, 2.75) is 32.2 Å². The van der Waals surface area contributed by atoms with Crippen molar-refractivity contribution in [3.05, 3.63) is 29.3 Å². The number of urea groups is 1. The molecule has 0 spiro atoms. The highest BCUT2D eigenvalue weighted by Crippen LogP contribution is 2.43. The van der Waals surface area contributed by atoms with Crippen LogP contribution in [0.4, 0.5) is 10.5 Å². The lowest BCUT2D eigenvalue weighted by Gasteiger charge is -2.40. The van der Waals surface area contributed by atoms with Gasteiger partial charge in [-0.1, -0.05) is 24.1 Å². The van der Waals surface area contributed by atoms with Crippen LogP contribution in [0.2, 0.25) is 5.02 Å². The van der Waals surface area contributed by atoms with Crippen molar-refractivity contribution < 1.29 is 9.59 Å². The van der Waals surface area contributed by atoms with Gasteiger partial charge in [-0.2, -0.15) is 0 Å². The number of amides is 3. The Hall–Kier alpha value is -1.55. The van der Waals surface area contributed by atoms with Gasteiger partial charge in [0.25, 0.3) is 0 Å². The molecule has 1 heterocycles. The van der Waals surface area contributed by atoms with Crippen LogP contribution in [0.15, 0.2) is 24.3 Å². The normalized spacial score (nSPS) is 30.2. The number of halogens is 1. The summed E-state index contributed by atoms with van der Waals surface area (Å²) < 4.78 is 0. The standard InChI is InChI=1S/C14H15ClN2O2/c1-14-7-3-6-11(14)16-13(19)17(12(14)18)10-5-2-4-9(15)8-10/h2,4-5,8,11H,3,6-7H2,1H3,(H,16,19). The Kier molecular flexibility index (Phi) is 2.78. The minimum absolute atomic E-state index is 0.0389. The molecule has 1 aromatic carbocycles. The second-order valence-corrected chi connectivity index (χ2v) is 5.87. The number of carbonyl (C=O) groups is 2. The summed E-state index contributed by atoms with van der Waals surface area (Å²) in [6.45, 7) is 1.93. The molecule has 4 nitrogen and oxygen atoms in total. The molecule has 1 saturated carbocycles. The number of fused-ring (bicyclic) bond motifs is 1. The Balaban J connectivity index is 2.02. The van der Waals surface area contributed by atoms with Crippen molar-refractivity contribution >= 4 is 29.2 Å². The van der Waals surface area contributed by atoms with E-state index in [-0.39, 0.29) is 18.0 Å². The summed E-state index contributed by atoms with van der Waals surface area (Å²) in [5.41, 5.74) is 0.0394. The van der Waals surface area contributed by atoms with Crippen molar-refractivity contribution in [3.8, 4) is 0 Å². The first-order valence-electron chi connectivity index (χ1n) is 6.43. The molecule has 5 heteroatoms. The minimum atomic E-state index is -0.490. The number of nitrogens with zero attached hydrogens (tertiary/aromatic N) is 1. The second-order valence-electron chi connectivity index (χ2n) is 5.43. The molecule has 1 N–H and O–H groups in total. The maximum Gasteiger partial charge on any atom is 0.329 e. The average Bonchev–Trinajstić information content (AvgIpc) is 2.72. The maximum absolute atomic E-state index is 12.7. The molecular formula is C14H15ClN2O2. The molecule has 1 aliphatic carbocycles. The third-order valence-electron chi connectivity index (χ3n) is 4.22. The summed E-state index contributed by atoms with van der Waals surface area (Å²) in [5.74, 6) is -0.124. The predicted molar refractivity (Wildman–Crippen MR) is 73.2 cm³/mol. The summed E-state index contributed by atoms with van der Waals surface area (Å²) in [5, 5.41) is 3.45. The predicted octanol–water partition coefficient (Wildman–Crippen LogP) is 2.96. The zero-order chi connectivity index (χ0) is 13.6. The van der Waals surface area contributed by atoms with Gasteiger partial charge in [0.15, 0.2) is 0 Å². The van der Waals surface area contributed by atoms with Crippen LogP contribution in [-0.2, 0) is 4.79 Å². The van der Waals surface area contributed by atoms with E-state index in [1.165, 1.54) is 4.90 Å². The fourth-order valence-electron chi connectivity index (χ4n) is 3.06. The van der Waals surface area contributed by atoms with Crippen molar-refractivity contribution in [2.24, 2.45) is 5.41 Å². The lowest BCUT2D eigenvalue weighted by Crippen LogP contribution is -2.63. The largest absolute Gasteiger partial charge is 0.334 e. The van der Waals surface area contributed by atoms with Crippen LogP contribution in [0.25, 0.3) is 0 Å². The van der Waals surface area contributed by atoms with Crippen molar-refractivity contribution in [1.29, 1.82) is 0 Å². The first-order chi connectivity index (χ1) is 9.02. The van der Waals surface area contributed by atoms with Crippen LogP contribution in [0.5, 0.6) is 0 Å². The Bertz CT molecular complexity index is 560. The summed E-state index contributed by atoms with van der Waals surface area (Å²) >= 11 is 5.94. The van der Waals surface area contributed by atoms with Gasteiger partial charge in [0.2, 0.25) is 5.91 Å². The number of imide groups is 1. The van der Waals surface area contributed by atoms with Crippen LogP contribution >= 0.6 is 11.6 Å².